The molecule has 1 amide bonds. The summed E-state index contributed by atoms with van der Waals surface area (Å²) in [7, 11) is 0. The van der Waals surface area contributed by atoms with Gasteiger partial charge in [-0.2, -0.15) is 8.78 Å². The van der Waals surface area contributed by atoms with Gasteiger partial charge >= 0.3 is 6.61 Å². The fourth-order valence-electron chi connectivity index (χ4n) is 3.21. The summed E-state index contributed by atoms with van der Waals surface area (Å²) in [5.74, 6) is 0.0605. The quantitative estimate of drug-likeness (QED) is 0.420. The molecular formula is C24H25F2N3O3. The molecule has 168 valence electrons. The summed E-state index contributed by atoms with van der Waals surface area (Å²) < 4.78 is 30.5. The van der Waals surface area contributed by atoms with Crippen LogP contribution in [-0.4, -0.2) is 29.2 Å². The number of nitrogens with two attached hydrogens (primary N) is 1. The number of para-hydroxylation sites is 1. The average molecular weight is 441 g/mol. The van der Waals surface area contributed by atoms with Gasteiger partial charge in [0, 0.05) is 17.7 Å². The first-order valence-corrected chi connectivity index (χ1v) is 10.2. The summed E-state index contributed by atoms with van der Waals surface area (Å²) in [6.07, 6.45) is 0.914. The molecule has 0 spiro atoms. The van der Waals surface area contributed by atoms with Gasteiger partial charge in [-0.25, -0.2) is 4.98 Å². The minimum absolute atomic E-state index is 0.0366. The highest BCUT2D eigenvalue weighted by molar-refractivity contribution is 5.97. The molecular weight excluding hydrogens is 416 g/mol. The zero-order valence-corrected chi connectivity index (χ0v) is 17.8. The summed E-state index contributed by atoms with van der Waals surface area (Å²) in [6.45, 7) is 1.93. The summed E-state index contributed by atoms with van der Waals surface area (Å²) >= 11 is 0. The van der Waals surface area contributed by atoms with Crippen LogP contribution in [0.5, 0.6) is 11.5 Å². The Hall–Kier alpha value is -3.68. The molecule has 0 saturated heterocycles. The van der Waals surface area contributed by atoms with Crippen LogP contribution in [0, 0.1) is 5.92 Å². The van der Waals surface area contributed by atoms with Crippen molar-refractivity contribution in [2.45, 2.75) is 26.9 Å². The van der Waals surface area contributed by atoms with Crippen molar-refractivity contribution < 1.29 is 23.4 Å². The highest BCUT2D eigenvalue weighted by atomic mass is 19.3. The number of amides is 1. The monoisotopic (exact) mass is 441 g/mol. The van der Waals surface area contributed by atoms with Crippen molar-refractivity contribution in [2.75, 3.05) is 11.9 Å². The number of hydrogen-bond donors (Lipinski definition) is 3. The van der Waals surface area contributed by atoms with Crippen LogP contribution in [0.25, 0.3) is 22.4 Å². The first-order chi connectivity index (χ1) is 15.2. The molecule has 0 fully saturated rings. The van der Waals surface area contributed by atoms with Gasteiger partial charge < -0.3 is 20.9 Å². The average Bonchev–Trinajstić information content (AvgIpc) is 2.73. The number of primary amides is 1. The lowest BCUT2D eigenvalue weighted by molar-refractivity contribution is -0.0494. The van der Waals surface area contributed by atoms with Crippen molar-refractivity contribution in [1.29, 1.82) is 0 Å². The molecule has 0 saturated carbocycles. The number of pyridine rings is 1. The Morgan fingerprint density at radius 2 is 1.88 bits per heavy atom. The molecule has 3 aromatic rings. The maximum absolute atomic E-state index is 12.9. The largest absolute Gasteiger partial charge is 0.507 e. The van der Waals surface area contributed by atoms with Gasteiger partial charge in [0.2, 0.25) is 0 Å². The second-order valence-electron chi connectivity index (χ2n) is 7.71. The van der Waals surface area contributed by atoms with Crippen molar-refractivity contribution in [2.24, 2.45) is 11.7 Å². The molecule has 1 heterocycles. The number of anilines is 1. The van der Waals surface area contributed by atoms with Crippen LogP contribution in [0.4, 0.5) is 14.6 Å². The molecule has 2 aromatic carbocycles. The second-order valence-corrected chi connectivity index (χ2v) is 7.71. The van der Waals surface area contributed by atoms with Gasteiger partial charge in [-0.1, -0.05) is 32.0 Å². The summed E-state index contributed by atoms with van der Waals surface area (Å²) in [5.41, 5.74) is 7.41. The van der Waals surface area contributed by atoms with Gasteiger partial charge in [0.15, 0.2) is 0 Å². The van der Waals surface area contributed by atoms with Gasteiger partial charge in [-0.15, -0.1) is 0 Å². The van der Waals surface area contributed by atoms with Crippen molar-refractivity contribution >= 4 is 11.7 Å². The minimum atomic E-state index is -2.96. The lowest BCUT2D eigenvalue weighted by atomic mass is 10.0. The molecule has 1 aromatic heterocycles. The lowest BCUT2D eigenvalue weighted by Crippen LogP contribution is -2.11. The van der Waals surface area contributed by atoms with E-state index in [0.29, 0.717) is 40.7 Å². The number of benzene rings is 2. The fraction of sp³-hybridized carbons (Fsp3) is 0.250. The van der Waals surface area contributed by atoms with E-state index >= 15 is 0 Å². The molecule has 0 aliphatic rings. The Labute approximate surface area is 185 Å². The third-order valence-electron chi connectivity index (χ3n) is 4.83. The molecule has 0 aliphatic heterocycles. The van der Waals surface area contributed by atoms with Gasteiger partial charge in [-0.3, -0.25) is 4.79 Å². The molecule has 4 N–H and O–H groups in total. The van der Waals surface area contributed by atoms with Crippen LogP contribution in [0.15, 0.2) is 54.6 Å². The summed E-state index contributed by atoms with van der Waals surface area (Å²) in [4.78, 5) is 16.3. The number of rotatable bonds is 9. The first kappa shape index (κ1) is 23.0. The number of hydrogen-bond acceptors (Lipinski definition) is 5. The number of alkyl halides is 2. The molecule has 0 unspecified atom stereocenters. The van der Waals surface area contributed by atoms with Gasteiger partial charge in [0.05, 0.1) is 11.3 Å². The third kappa shape index (κ3) is 5.72. The van der Waals surface area contributed by atoms with Crippen molar-refractivity contribution in [3.8, 4) is 33.9 Å². The number of carbonyl (C=O) groups is 1. The van der Waals surface area contributed by atoms with Gasteiger partial charge in [-0.05, 0) is 54.3 Å². The molecule has 32 heavy (non-hydrogen) atoms. The van der Waals surface area contributed by atoms with E-state index in [-0.39, 0.29) is 17.1 Å². The van der Waals surface area contributed by atoms with E-state index in [0.717, 1.165) is 6.42 Å². The SMILES string of the molecule is CC(C)CCNc1cc(-c2ccccc2OC(F)F)cc(-c2ccc(O)c(C(N)=O)c2)n1. The smallest absolute Gasteiger partial charge is 0.387 e. The second kappa shape index (κ2) is 10.1. The molecule has 0 bridgehead atoms. The number of nitrogens with zero attached hydrogens (tertiary/aromatic N) is 1. The van der Waals surface area contributed by atoms with Crippen LogP contribution in [-0.2, 0) is 0 Å². The number of aromatic nitrogens is 1. The highest BCUT2D eigenvalue weighted by Gasteiger charge is 2.15. The number of phenols is 1. The van der Waals surface area contributed by atoms with E-state index in [1.54, 1.807) is 36.4 Å². The standard InChI is InChI=1S/C24H25F2N3O3/c1-14(2)9-10-28-22-13-16(17-5-3-4-6-21(17)32-24(25)26)12-19(29-22)15-7-8-20(30)18(11-15)23(27)31/h3-8,11-14,24,30H,9-10H2,1-2H3,(H2,27,31)(H,28,29). The Balaban J connectivity index is 2.11. The van der Waals surface area contributed by atoms with Crippen LogP contribution >= 0.6 is 0 Å². The number of aromatic hydroxyl groups is 1. The van der Waals surface area contributed by atoms with Gasteiger partial charge in [0.1, 0.15) is 17.3 Å². The predicted molar refractivity (Wildman–Crippen MR) is 120 cm³/mol. The maximum Gasteiger partial charge on any atom is 0.387 e. The minimum Gasteiger partial charge on any atom is -0.507 e. The number of carbonyl (C=O) groups excluding carboxylic acids is 1. The van der Waals surface area contributed by atoms with Crippen molar-refractivity contribution in [3.63, 3.8) is 0 Å². The molecule has 6 nitrogen and oxygen atoms in total. The Kier molecular flexibility index (Phi) is 7.25. The Bertz CT molecular complexity index is 1100. The van der Waals surface area contributed by atoms with E-state index in [2.05, 4.69) is 24.1 Å². The van der Waals surface area contributed by atoms with Crippen LogP contribution in [0.2, 0.25) is 0 Å². The molecule has 3 rings (SSSR count). The number of halogens is 2. The highest BCUT2D eigenvalue weighted by Crippen LogP contribution is 2.35. The number of nitrogens with one attached hydrogen (secondary N) is 1. The van der Waals surface area contributed by atoms with E-state index in [9.17, 15) is 18.7 Å². The lowest BCUT2D eigenvalue weighted by Gasteiger charge is -2.15. The third-order valence-corrected chi connectivity index (χ3v) is 4.83. The first-order valence-electron chi connectivity index (χ1n) is 10.2. The van der Waals surface area contributed by atoms with Crippen molar-refractivity contribution in [1.82, 2.24) is 4.98 Å². The van der Waals surface area contributed by atoms with E-state index in [1.165, 1.54) is 18.2 Å². The van der Waals surface area contributed by atoms with E-state index in [4.69, 9.17) is 10.5 Å². The summed E-state index contributed by atoms with van der Waals surface area (Å²) in [5, 5.41) is 13.2. The zero-order valence-electron chi connectivity index (χ0n) is 17.8. The summed E-state index contributed by atoms with van der Waals surface area (Å²) in [6, 6.07) is 14.4. The molecule has 0 radical (unpaired) electrons. The number of ether oxygens (including phenoxy) is 1. The van der Waals surface area contributed by atoms with E-state index in [1.807, 2.05) is 0 Å². The molecule has 0 aliphatic carbocycles. The van der Waals surface area contributed by atoms with Crippen LogP contribution in [0.3, 0.4) is 0 Å². The Morgan fingerprint density at radius 3 is 2.56 bits per heavy atom. The molecule has 8 heteroatoms. The normalized spacial score (nSPS) is 11.1. The topological polar surface area (TPSA) is 97.5 Å². The van der Waals surface area contributed by atoms with Gasteiger partial charge in [0.25, 0.3) is 5.91 Å². The van der Waals surface area contributed by atoms with Crippen LogP contribution in [0.1, 0.15) is 30.6 Å². The Morgan fingerprint density at radius 1 is 1.12 bits per heavy atom. The van der Waals surface area contributed by atoms with Crippen molar-refractivity contribution in [3.05, 3.63) is 60.2 Å². The maximum atomic E-state index is 12.9. The van der Waals surface area contributed by atoms with Crippen LogP contribution < -0.4 is 15.8 Å². The fourth-order valence-corrected chi connectivity index (χ4v) is 3.21. The predicted octanol–water partition coefficient (Wildman–Crippen LogP) is 5.28. The molecule has 0 atom stereocenters. The zero-order chi connectivity index (χ0) is 23.3. The van der Waals surface area contributed by atoms with E-state index < -0.39 is 12.5 Å².